The van der Waals surface area contributed by atoms with Crippen molar-refractivity contribution in [2.45, 2.75) is 31.7 Å². The van der Waals surface area contributed by atoms with Gasteiger partial charge in [-0.15, -0.1) is 0 Å². The minimum atomic E-state index is -0.352. The highest BCUT2D eigenvalue weighted by molar-refractivity contribution is 5.91. The van der Waals surface area contributed by atoms with Gasteiger partial charge < -0.3 is 10.2 Å². The number of nitrogens with zero attached hydrogens (tertiary/aromatic N) is 1. The van der Waals surface area contributed by atoms with Gasteiger partial charge in [-0.2, -0.15) is 0 Å². The van der Waals surface area contributed by atoms with E-state index in [-0.39, 0.29) is 23.8 Å². The molecule has 2 atom stereocenters. The van der Waals surface area contributed by atoms with E-state index in [2.05, 4.69) is 5.32 Å². The second-order valence-electron chi connectivity index (χ2n) is 4.98. The Morgan fingerprint density at radius 1 is 1.42 bits per heavy atom. The Hall–Kier alpha value is -1.84. The van der Waals surface area contributed by atoms with Crippen molar-refractivity contribution in [2.24, 2.45) is 0 Å². The summed E-state index contributed by atoms with van der Waals surface area (Å²) in [5.74, 6) is -0.224. The first-order valence-corrected chi connectivity index (χ1v) is 6.73. The third-order valence-corrected chi connectivity index (χ3v) is 3.67. The molecule has 1 aliphatic rings. The van der Waals surface area contributed by atoms with Crippen LogP contribution >= 0.6 is 0 Å². The number of carbonyl (C=O) groups is 2. The van der Waals surface area contributed by atoms with Gasteiger partial charge in [0.2, 0.25) is 11.8 Å². The first kappa shape index (κ1) is 13.6. The van der Waals surface area contributed by atoms with Crippen molar-refractivity contribution >= 4 is 11.8 Å². The van der Waals surface area contributed by atoms with E-state index in [4.69, 9.17) is 0 Å². The van der Waals surface area contributed by atoms with E-state index in [9.17, 15) is 9.59 Å². The molecular formula is C15H20N2O2. The van der Waals surface area contributed by atoms with Gasteiger partial charge in [0, 0.05) is 13.6 Å². The summed E-state index contributed by atoms with van der Waals surface area (Å²) >= 11 is 0. The lowest BCUT2D eigenvalue weighted by Crippen LogP contribution is -2.42. The van der Waals surface area contributed by atoms with Crippen LogP contribution in [0.3, 0.4) is 0 Å². The molecule has 0 spiro atoms. The van der Waals surface area contributed by atoms with Crippen molar-refractivity contribution in [1.82, 2.24) is 10.2 Å². The standard InChI is InChI=1S/C15H20N2O2/c1-3-12(11-7-5-4-6-8-11)14(18)16-13-9-10-17(2)15(13)19/h4-8,12-13H,3,9-10H2,1-2H3,(H,16,18)/t12-,13-/m0/s1. The molecule has 0 unspecified atom stereocenters. The molecule has 0 saturated carbocycles. The highest BCUT2D eigenvalue weighted by Crippen LogP contribution is 2.20. The number of benzene rings is 1. The molecule has 19 heavy (non-hydrogen) atoms. The van der Waals surface area contributed by atoms with Crippen molar-refractivity contribution in [3.63, 3.8) is 0 Å². The first-order valence-electron chi connectivity index (χ1n) is 6.73. The molecule has 1 aromatic rings. The molecule has 1 aromatic carbocycles. The van der Waals surface area contributed by atoms with Gasteiger partial charge in [-0.1, -0.05) is 37.3 Å². The average molecular weight is 260 g/mol. The summed E-state index contributed by atoms with van der Waals surface area (Å²) in [6.07, 6.45) is 1.43. The van der Waals surface area contributed by atoms with Crippen LogP contribution in [0.4, 0.5) is 0 Å². The minimum absolute atomic E-state index is 0.0104. The molecule has 2 rings (SSSR count). The smallest absolute Gasteiger partial charge is 0.244 e. The van der Waals surface area contributed by atoms with Crippen LogP contribution in [-0.4, -0.2) is 36.3 Å². The fourth-order valence-electron chi connectivity index (χ4n) is 2.49. The quantitative estimate of drug-likeness (QED) is 0.892. The van der Waals surface area contributed by atoms with Gasteiger partial charge in [-0.25, -0.2) is 0 Å². The van der Waals surface area contributed by atoms with Crippen LogP contribution in [0.1, 0.15) is 31.2 Å². The molecule has 1 saturated heterocycles. The van der Waals surface area contributed by atoms with Crippen LogP contribution in [0, 0.1) is 0 Å². The van der Waals surface area contributed by atoms with Crippen molar-refractivity contribution in [1.29, 1.82) is 0 Å². The number of likely N-dealkylation sites (N-methyl/N-ethyl adjacent to an activating group) is 1. The zero-order valence-corrected chi connectivity index (χ0v) is 11.4. The van der Waals surface area contributed by atoms with E-state index in [0.717, 1.165) is 12.0 Å². The van der Waals surface area contributed by atoms with Gasteiger partial charge in [0.1, 0.15) is 6.04 Å². The SMILES string of the molecule is CC[C@H](C(=O)N[C@H]1CCN(C)C1=O)c1ccccc1. The summed E-state index contributed by atoms with van der Waals surface area (Å²) in [5, 5.41) is 2.88. The van der Waals surface area contributed by atoms with Gasteiger partial charge in [-0.3, -0.25) is 9.59 Å². The lowest BCUT2D eigenvalue weighted by atomic mass is 9.95. The lowest BCUT2D eigenvalue weighted by molar-refractivity contribution is -0.132. The van der Waals surface area contributed by atoms with E-state index < -0.39 is 0 Å². The molecule has 4 nitrogen and oxygen atoms in total. The summed E-state index contributed by atoms with van der Waals surface area (Å²) < 4.78 is 0. The highest BCUT2D eigenvalue weighted by Gasteiger charge is 2.32. The van der Waals surface area contributed by atoms with Gasteiger partial charge in [0.25, 0.3) is 0 Å². The molecule has 102 valence electrons. The molecule has 0 bridgehead atoms. The number of hydrogen-bond donors (Lipinski definition) is 1. The second-order valence-corrected chi connectivity index (χ2v) is 4.98. The topological polar surface area (TPSA) is 49.4 Å². The highest BCUT2D eigenvalue weighted by atomic mass is 16.2. The molecule has 1 N–H and O–H groups in total. The predicted octanol–water partition coefficient (Wildman–Crippen LogP) is 1.53. The zero-order valence-electron chi connectivity index (χ0n) is 11.4. The normalized spacial score (nSPS) is 20.4. The number of likely N-dealkylation sites (tertiary alicyclic amines) is 1. The van der Waals surface area contributed by atoms with Gasteiger partial charge >= 0.3 is 0 Å². The monoisotopic (exact) mass is 260 g/mol. The molecule has 4 heteroatoms. The number of nitrogens with one attached hydrogen (secondary N) is 1. The molecule has 1 fully saturated rings. The predicted molar refractivity (Wildman–Crippen MR) is 73.7 cm³/mol. The van der Waals surface area contributed by atoms with Crippen LogP contribution in [0.25, 0.3) is 0 Å². The van der Waals surface area contributed by atoms with Crippen LogP contribution in [0.5, 0.6) is 0 Å². The van der Waals surface area contributed by atoms with Crippen LogP contribution < -0.4 is 5.32 Å². The summed E-state index contributed by atoms with van der Waals surface area (Å²) in [4.78, 5) is 25.8. The van der Waals surface area contributed by atoms with Crippen LogP contribution in [0.2, 0.25) is 0 Å². The van der Waals surface area contributed by atoms with E-state index in [1.165, 1.54) is 0 Å². The van der Waals surface area contributed by atoms with Crippen molar-refractivity contribution < 1.29 is 9.59 Å². The fourth-order valence-corrected chi connectivity index (χ4v) is 2.49. The molecule has 0 radical (unpaired) electrons. The Balaban J connectivity index is 2.04. The molecule has 0 aromatic heterocycles. The van der Waals surface area contributed by atoms with Crippen molar-refractivity contribution in [3.05, 3.63) is 35.9 Å². The molecule has 2 amide bonds. The number of amides is 2. The van der Waals surface area contributed by atoms with E-state index >= 15 is 0 Å². The Kier molecular flexibility index (Phi) is 4.20. The van der Waals surface area contributed by atoms with E-state index in [0.29, 0.717) is 13.0 Å². The third-order valence-electron chi connectivity index (χ3n) is 3.67. The Bertz CT molecular complexity index is 458. The summed E-state index contributed by atoms with van der Waals surface area (Å²) in [6, 6.07) is 9.35. The van der Waals surface area contributed by atoms with E-state index in [1.54, 1.807) is 11.9 Å². The fraction of sp³-hybridized carbons (Fsp3) is 0.467. The van der Waals surface area contributed by atoms with Crippen LogP contribution in [-0.2, 0) is 9.59 Å². The molecule has 0 aliphatic carbocycles. The lowest BCUT2D eigenvalue weighted by Gasteiger charge is -2.18. The average Bonchev–Trinajstić information content (AvgIpc) is 2.73. The second kappa shape index (κ2) is 5.87. The zero-order chi connectivity index (χ0) is 13.8. The number of rotatable bonds is 4. The molecule has 1 heterocycles. The summed E-state index contributed by atoms with van der Waals surface area (Å²) in [5.41, 5.74) is 1.00. The van der Waals surface area contributed by atoms with Gasteiger partial charge in [-0.05, 0) is 18.4 Å². The first-order chi connectivity index (χ1) is 9.13. The van der Waals surface area contributed by atoms with Crippen molar-refractivity contribution in [2.75, 3.05) is 13.6 Å². The Labute approximate surface area is 113 Å². The Morgan fingerprint density at radius 2 is 2.11 bits per heavy atom. The van der Waals surface area contributed by atoms with E-state index in [1.807, 2.05) is 37.3 Å². The maximum absolute atomic E-state index is 12.3. The molecule has 1 aliphatic heterocycles. The number of hydrogen-bond acceptors (Lipinski definition) is 2. The summed E-state index contributed by atoms with van der Waals surface area (Å²) in [6.45, 7) is 2.70. The third kappa shape index (κ3) is 2.95. The maximum atomic E-state index is 12.3. The van der Waals surface area contributed by atoms with Crippen LogP contribution in [0.15, 0.2) is 30.3 Å². The minimum Gasteiger partial charge on any atom is -0.344 e. The number of carbonyl (C=O) groups excluding carboxylic acids is 2. The maximum Gasteiger partial charge on any atom is 0.244 e. The summed E-state index contributed by atoms with van der Waals surface area (Å²) in [7, 11) is 1.77. The van der Waals surface area contributed by atoms with Gasteiger partial charge in [0.05, 0.1) is 5.92 Å². The van der Waals surface area contributed by atoms with Crippen molar-refractivity contribution in [3.8, 4) is 0 Å². The molecular weight excluding hydrogens is 240 g/mol. The van der Waals surface area contributed by atoms with Gasteiger partial charge in [0.15, 0.2) is 0 Å². The largest absolute Gasteiger partial charge is 0.344 e. The Morgan fingerprint density at radius 3 is 2.63 bits per heavy atom.